The van der Waals surface area contributed by atoms with Gasteiger partial charge < -0.3 is 15.3 Å². The smallest absolute Gasteiger partial charge is 0.223 e. The molecule has 3 heterocycles. The van der Waals surface area contributed by atoms with Gasteiger partial charge in [-0.05, 0) is 44.7 Å². The Bertz CT molecular complexity index is 1040. The van der Waals surface area contributed by atoms with E-state index >= 15 is 0 Å². The first-order chi connectivity index (χ1) is 14.4. The molecule has 1 aliphatic rings. The molecule has 0 spiro atoms. The first kappa shape index (κ1) is 20.8. The average molecular weight is 425 g/mol. The molecule has 0 unspecified atom stereocenters. The number of aryl methyl sites for hydroxylation is 3. The molecular weight excluding hydrogens is 396 g/mol. The number of nitrogens with one attached hydrogen (secondary N) is 1. The average Bonchev–Trinajstić information content (AvgIpc) is 3.06. The van der Waals surface area contributed by atoms with Crippen LogP contribution in [0.5, 0.6) is 0 Å². The fourth-order valence-corrected chi connectivity index (χ4v) is 5.00. The van der Waals surface area contributed by atoms with Gasteiger partial charge in [0.05, 0.1) is 11.5 Å². The number of carbonyl (C=O) groups is 1. The van der Waals surface area contributed by atoms with Gasteiger partial charge in [-0.15, -0.1) is 11.3 Å². The number of aliphatic hydroxyl groups is 1. The topological polar surface area (TPSA) is 78.4 Å². The van der Waals surface area contributed by atoms with E-state index in [4.69, 9.17) is 0 Å². The van der Waals surface area contributed by atoms with E-state index in [0.717, 1.165) is 53.1 Å². The molecule has 158 valence electrons. The summed E-state index contributed by atoms with van der Waals surface area (Å²) in [5.74, 6) is 0.973. The molecule has 30 heavy (non-hydrogen) atoms. The third-order valence-corrected chi connectivity index (χ3v) is 7.16. The third-order valence-electron chi connectivity index (χ3n) is 6.04. The highest BCUT2D eigenvalue weighted by atomic mass is 32.1. The van der Waals surface area contributed by atoms with Gasteiger partial charge in [-0.3, -0.25) is 4.79 Å². The first-order valence-electron chi connectivity index (χ1n) is 10.4. The van der Waals surface area contributed by atoms with Crippen molar-refractivity contribution in [1.29, 1.82) is 0 Å². The second kappa shape index (κ2) is 8.70. The Balaban J connectivity index is 1.34. The number of benzene rings is 1. The Morgan fingerprint density at radius 3 is 2.60 bits per heavy atom. The van der Waals surface area contributed by atoms with E-state index in [1.807, 2.05) is 31.2 Å². The van der Waals surface area contributed by atoms with Crippen LogP contribution in [0.25, 0.3) is 10.2 Å². The highest BCUT2D eigenvalue weighted by Gasteiger charge is 2.27. The number of aliphatic hydroxyl groups excluding tert-OH is 1. The highest BCUT2D eigenvalue weighted by Crippen LogP contribution is 2.35. The van der Waals surface area contributed by atoms with Crippen molar-refractivity contribution in [2.75, 3.05) is 24.5 Å². The summed E-state index contributed by atoms with van der Waals surface area (Å²) in [6, 6.07) is 7.75. The molecule has 3 aromatic rings. The molecule has 1 aliphatic heterocycles. The Hall–Kier alpha value is -2.51. The van der Waals surface area contributed by atoms with Crippen molar-refractivity contribution >= 4 is 33.3 Å². The maximum atomic E-state index is 12.6. The lowest BCUT2D eigenvalue weighted by molar-refractivity contribution is -0.126. The van der Waals surface area contributed by atoms with Crippen LogP contribution in [0.15, 0.2) is 30.6 Å². The molecule has 2 aromatic heterocycles. The minimum absolute atomic E-state index is 0.0243. The van der Waals surface area contributed by atoms with E-state index in [1.54, 1.807) is 17.7 Å². The van der Waals surface area contributed by atoms with Crippen molar-refractivity contribution in [3.63, 3.8) is 0 Å². The number of piperidine rings is 1. The van der Waals surface area contributed by atoms with E-state index in [0.29, 0.717) is 0 Å². The highest BCUT2D eigenvalue weighted by molar-refractivity contribution is 7.18. The van der Waals surface area contributed by atoms with Crippen LogP contribution in [0.3, 0.4) is 0 Å². The van der Waals surface area contributed by atoms with Gasteiger partial charge in [-0.1, -0.05) is 29.8 Å². The zero-order valence-electron chi connectivity index (χ0n) is 17.7. The monoisotopic (exact) mass is 424 g/mol. The molecule has 1 fully saturated rings. The molecule has 0 bridgehead atoms. The lowest BCUT2D eigenvalue weighted by Gasteiger charge is -2.32. The second-order valence-electron chi connectivity index (χ2n) is 8.09. The van der Waals surface area contributed by atoms with Gasteiger partial charge >= 0.3 is 0 Å². The fraction of sp³-hybridized carbons (Fsp3) is 0.435. The van der Waals surface area contributed by atoms with Gasteiger partial charge in [0.15, 0.2) is 0 Å². The molecule has 1 aromatic carbocycles. The van der Waals surface area contributed by atoms with Crippen molar-refractivity contribution in [2.45, 2.75) is 39.7 Å². The number of hydrogen-bond donors (Lipinski definition) is 2. The molecule has 1 atom stereocenters. The summed E-state index contributed by atoms with van der Waals surface area (Å²) in [5, 5.41) is 14.4. The first-order valence-corrected chi connectivity index (χ1v) is 11.2. The van der Waals surface area contributed by atoms with Crippen molar-refractivity contribution < 1.29 is 9.90 Å². The molecular formula is C23H28N4O2S. The van der Waals surface area contributed by atoms with Crippen molar-refractivity contribution in [3.05, 3.63) is 52.2 Å². The van der Waals surface area contributed by atoms with Gasteiger partial charge in [0.1, 0.15) is 17.0 Å². The number of rotatable bonds is 5. The van der Waals surface area contributed by atoms with E-state index in [-0.39, 0.29) is 18.4 Å². The summed E-state index contributed by atoms with van der Waals surface area (Å²) in [6.07, 6.45) is 2.51. The quantitative estimate of drug-likeness (QED) is 0.653. The molecule has 6 nitrogen and oxygen atoms in total. The summed E-state index contributed by atoms with van der Waals surface area (Å²) in [4.78, 5) is 26.2. The van der Waals surface area contributed by atoms with Crippen LogP contribution >= 0.6 is 11.3 Å². The molecule has 7 heteroatoms. The van der Waals surface area contributed by atoms with Crippen molar-refractivity contribution in [1.82, 2.24) is 15.3 Å². The minimum atomic E-state index is -0.686. The van der Waals surface area contributed by atoms with Crippen molar-refractivity contribution in [2.24, 2.45) is 5.92 Å². The number of amides is 1. The summed E-state index contributed by atoms with van der Waals surface area (Å²) < 4.78 is 0. The maximum Gasteiger partial charge on any atom is 0.223 e. The lowest BCUT2D eigenvalue weighted by Crippen LogP contribution is -2.41. The molecule has 0 aliphatic carbocycles. The molecule has 2 N–H and O–H groups in total. The molecule has 0 radical (unpaired) electrons. The minimum Gasteiger partial charge on any atom is -0.387 e. The maximum absolute atomic E-state index is 12.6. The number of fused-ring (bicyclic) bond motifs is 1. The van der Waals surface area contributed by atoms with E-state index < -0.39 is 6.10 Å². The summed E-state index contributed by atoms with van der Waals surface area (Å²) in [5.41, 5.74) is 3.22. The molecule has 1 amide bonds. The summed E-state index contributed by atoms with van der Waals surface area (Å²) in [7, 11) is 0. The lowest BCUT2D eigenvalue weighted by atomic mass is 9.95. The number of hydrogen-bond acceptors (Lipinski definition) is 6. The number of anilines is 1. The van der Waals surface area contributed by atoms with Gasteiger partial charge in [0, 0.05) is 30.4 Å². The SMILES string of the molecule is Cc1ccc([C@@H](O)CNC(=O)C2CCN(c3ncnc4sc(C)c(C)c34)CC2)cc1. The third kappa shape index (κ3) is 4.18. The van der Waals surface area contributed by atoms with Crippen LogP contribution in [0, 0.1) is 26.7 Å². The summed E-state index contributed by atoms with van der Waals surface area (Å²) >= 11 is 1.70. The molecule has 4 rings (SSSR count). The second-order valence-corrected chi connectivity index (χ2v) is 9.30. The number of aromatic nitrogens is 2. The zero-order valence-corrected chi connectivity index (χ0v) is 18.5. The van der Waals surface area contributed by atoms with E-state index in [9.17, 15) is 9.90 Å². The largest absolute Gasteiger partial charge is 0.387 e. The Kier molecular flexibility index (Phi) is 6.01. The Labute approximate surface area is 181 Å². The Morgan fingerprint density at radius 1 is 1.20 bits per heavy atom. The number of thiophene rings is 1. The van der Waals surface area contributed by atoms with Crippen LogP contribution in [0.2, 0.25) is 0 Å². The Morgan fingerprint density at radius 2 is 1.90 bits per heavy atom. The van der Waals surface area contributed by atoms with Crippen molar-refractivity contribution in [3.8, 4) is 0 Å². The van der Waals surface area contributed by atoms with Gasteiger partial charge in [-0.25, -0.2) is 9.97 Å². The standard InChI is InChI=1S/C23H28N4O2S/c1-14-4-6-17(7-5-14)19(28)12-24-22(29)18-8-10-27(11-9-18)21-20-15(2)16(3)30-23(20)26-13-25-21/h4-7,13,18-19,28H,8-12H2,1-3H3,(H,24,29)/t19-/m0/s1. The fourth-order valence-electron chi connectivity index (χ4n) is 4.01. The van der Waals surface area contributed by atoms with Gasteiger partial charge in [-0.2, -0.15) is 0 Å². The van der Waals surface area contributed by atoms with Gasteiger partial charge in [0.25, 0.3) is 0 Å². The van der Waals surface area contributed by atoms with Crippen LogP contribution in [-0.2, 0) is 4.79 Å². The molecule has 0 saturated carbocycles. The predicted octanol–water partition coefficient (Wildman–Crippen LogP) is 3.68. The van der Waals surface area contributed by atoms with E-state index in [1.165, 1.54) is 10.4 Å². The normalized spacial score (nSPS) is 16.1. The predicted molar refractivity (Wildman–Crippen MR) is 121 cm³/mol. The number of carbonyl (C=O) groups excluding carboxylic acids is 1. The summed E-state index contributed by atoms with van der Waals surface area (Å²) in [6.45, 7) is 8.07. The van der Waals surface area contributed by atoms with Crippen LogP contribution in [-0.4, -0.2) is 40.6 Å². The van der Waals surface area contributed by atoms with Crippen LogP contribution < -0.4 is 10.2 Å². The van der Waals surface area contributed by atoms with Crippen LogP contribution in [0.1, 0.15) is 40.5 Å². The molecule has 1 saturated heterocycles. The number of nitrogens with zero attached hydrogens (tertiary/aromatic N) is 3. The van der Waals surface area contributed by atoms with Gasteiger partial charge in [0.2, 0.25) is 5.91 Å². The zero-order chi connectivity index (χ0) is 21.3. The van der Waals surface area contributed by atoms with E-state index in [2.05, 4.69) is 34.0 Å². The van der Waals surface area contributed by atoms with Crippen LogP contribution in [0.4, 0.5) is 5.82 Å².